The molecule has 0 radical (unpaired) electrons. The van der Waals surface area contributed by atoms with Gasteiger partial charge in [-0.1, -0.05) is 38.1 Å². The zero-order valence-electron chi connectivity index (χ0n) is 12.5. The first-order chi connectivity index (χ1) is 10.1. The van der Waals surface area contributed by atoms with E-state index in [0.29, 0.717) is 11.5 Å². The lowest BCUT2D eigenvalue weighted by atomic mass is 10.0. The summed E-state index contributed by atoms with van der Waals surface area (Å²) >= 11 is 0. The summed E-state index contributed by atoms with van der Waals surface area (Å²) in [6.07, 6.45) is 2.00. The van der Waals surface area contributed by atoms with Crippen LogP contribution in [0.4, 0.5) is 0 Å². The maximum absolute atomic E-state index is 9.10. The van der Waals surface area contributed by atoms with Crippen LogP contribution in [0.5, 0.6) is 0 Å². The predicted octanol–water partition coefficient (Wildman–Crippen LogP) is 4.30. The largest absolute Gasteiger partial charge is 0.302 e. The number of nitriles is 1. The van der Waals surface area contributed by atoms with Crippen molar-refractivity contribution in [3.8, 4) is 17.3 Å². The zero-order chi connectivity index (χ0) is 15.0. The van der Waals surface area contributed by atoms with Crippen LogP contribution in [0, 0.1) is 18.3 Å². The molecule has 0 aliphatic carbocycles. The summed E-state index contributed by atoms with van der Waals surface area (Å²) in [7, 11) is 0. The molecule has 1 aromatic carbocycles. The Kier molecular flexibility index (Phi) is 3.23. The van der Waals surface area contributed by atoms with Crippen molar-refractivity contribution in [1.82, 2.24) is 9.38 Å². The molecule has 3 heteroatoms. The van der Waals surface area contributed by atoms with Gasteiger partial charge < -0.3 is 4.40 Å². The third-order valence-electron chi connectivity index (χ3n) is 3.88. The van der Waals surface area contributed by atoms with Crippen molar-refractivity contribution < 1.29 is 0 Å². The highest BCUT2D eigenvalue weighted by Crippen LogP contribution is 2.23. The second kappa shape index (κ2) is 5.06. The van der Waals surface area contributed by atoms with E-state index in [4.69, 9.17) is 5.26 Å². The number of hydrogen-bond acceptors (Lipinski definition) is 2. The van der Waals surface area contributed by atoms with E-state index in [9.17, 15) is 0 Å². The van der Waals surface area contributed by atoms with Gasteiger partial charge in [-0.3, -0.25) is 0 Å². The summed E-state index contributed by atoms with van der Waals surface area (Å²) in [5, 5.41) is 9.10. The smallest absolute Gasteiger partial charge is 0.137 e. The summed E-state index contributed by atoms with van der Waals surface area (Å²) in [5.41, 5.74) is 5.83. The summed E-state index contributed by atoms with van der Waals surface area (Å²) in [4.78, 5) is 4.65. The van der Waals surface area contributed by atoms with Gasteiger partial charge in [-0.25, -0.2) is 4.98 Å². The van der Waals surface area contributed by atoms with Crippen molar-refractivity contribution in [2.75, 3.05) is 0 Å². The molecule has 0 aliphatic heterocycles. The standard InChI is InChI=1S/C18H17N3/c1-12(2)14-4-6-15(7-5-14)17-11-21-13(3)16(10-19)8-9-18(21)20-17/h4-9,11-12H,1-3H3. The Hall–Kier alpha value is -2.60. The highest BCUT2D eigenvalue weighted by Gasteiger charge is 2.08. The monoisotopic (exact) mass is 275 g/mol. The van der Waals surface area contributed by atoms with E-state index in [1.54, 1.807) is 0 Å². The number of fused-ring (bicyclic) bond motifs is 1. The molecule has 104 valence electrons. The van der Waals surface area contributed by atoms with Gasteiger partial charge >= 0.3 is 0 Å². The molecule has 3 rings (SSSR count). The molecule has 0 bridgehead atoms. The minimum absolute atomic E-state index is 0.528. The third kappa shape index (κ3) is 2.30. The molecule has 3 aromatic rings. The summed E-state index contributed by atoms with van der Waals surface area (Å²) in [6, 6.07) is 14.4. The fourth-order valence-corrected chi connectivity index (χ4v) is 2.49. The van der Waals surface area contributed by atoms with Crippen LogP contribution in [0.2, 0.25) is 0 Å². The van der Waals surface area contributed by atoms with E-state index in [1.807, 2.05) is 29.7 Å². The Balaban J connectivity index is 2.09. The molecule has 2 aromatic heterocycles. The number of hydrogen-bond donors (Lipinski definition) is 0. The van der Waals surface area contributed by atoms with Gasteiger partial charge in [0.15, 0.2) is 0 Å². The molecule has 3 nitrogen and oxygen atoms in total. The summed E-state index contributed by atoms with van der Waals surface area (Å²) in [5.74, 6) is 0.528. The Morgan fingerprint density at radius 2 is 1.81 bits per heavy atom. The maximum Gasteiger partial charge on any atom is 0.137 e. The van der Waals surface area contributed by atoms with Crippen LogP contribution < -0.4 is 0 Å². The van der Waals surface area contributed by atoms with E-state index >= 15 is 0 Å². The Bertz CT molecular complexity index is 833. The number of benzene rings is 1. The first kappa shape index (κ1) is 13.4. The highest BCUT2D eigenvalue weighted by atomic mass is 15.0. The van der Waals surface area contributed by atoms with E-state index in [1.165, 1.54) is 5.56 Å². The average molecular weight is 275 g/mol. The van der Waals surface area contributed by atoms with E-state index in [2.05, 4.69) is 49.2 Å². The van der Waals surface area contributed by atoms with Crippen molar-refractivity contribution in [2.45, 2.75) is 26.7 Å². The van der Waals surface area contributed by atoms with Gasteiger partial charge in [0.05, 0.1) is 11.3 Å². The molecule has 0 aliphatic rings. The first-order valence-corrected chi connectivity index (χ1v) is 7.09. The van der Waals surface area contributed by atoms with Gasteiger partial charge in [-0.2, -0.15) is 5.26 Å². The normalized spacial score (nSPS) is 11.0. The first-order valence-electron chi connectivity index (χ1n) is 7.09. The Labute approximate surface area is 124 Å². The molecule has 0 saturated carbocycles. The lowest BCUT2D eigenvalue weighted by Crippen LogP contribution is -1.93. The molecular formula is C18H17N3. The minimum Gasteiger partial charge on any atom is -0.302 e. The molecule has 0 amide bonds. The van der Waals surface area contributed by atoms with E-state index in [-0.39, 0.29) is 0 Å². The quantitative estimate of drug-likeness (QED) is 0.699. The molecule has 2 heterocycles. The topological polar surface area (TPSA) is 41.1 Å². The van der Waals surface area contributed by atoms with Gasteiger partial charge in [0, 0.05) is 17.5 Å². The average Bonchev–Trinajstić information content (AvgIpc) is 2.93. The molecule has 0 N–H and O–H groups in total. The molecular weight excluding hydrogens is 258 g/mol. The lowest BCUT2D eigenvalue weighted by Gasteiger charge is -2.05. The van der Waals surface area contributed by atoms with E-state index in [0.717, 1.165) is 22.6 Å². The third-order valence-corrected chi connectivity index (χ3v) is 3.88. The summed E-state index contributed by atoms with van der Waals surface area (Å²) < 4.78 is 1.98. The minimum atomic E-state index is 0.528. The van der Waals surface area contributed by atoms with Gasteiger partial charge in [0.25, 0.3) is 0 Å². The van der Waals surface area contributed by atoms with Crippen molar-refractivity contribution in [1.29, 1.82) is 5.26 Å². The molecule has 0 fully saturated rings. The zero-order valence-corrected chi connectivity index (χ0v) is 12.5. The van der Waals surface area contributed by atoms with Crippen molar-refractivity contribution in [3.05, 3.63) is 59.4 Å². The SMILES string of the molecule is Cc1c(C#N)ccc2nc(-c3ccc(C(C)C)cc3)cn12. The lowest BCUT2D eigenvalue weighted by molar-refractivity contribution is 0.867. The van der Waals surface area contributed by atoms with Gasteiger partial charge in [-0.15, -0.1) is 0 Å². The van der Waals surface area contributed by atoms with Gasteiger partial charge in [0.2, 0.25) is 0 Å². The number of aryl methyl sites for hydroxylation is 1. The maximum atomic E-state index is 9.10. The van der Waals surface area contributed by atoms with Crippen LogP contribution in [-0.4, -0.2) is 9.38 Å². The van der Waals surface area contributed by atoms with Crippen molar-refractivity contribution in [2.24, 2.45) is 0 Å². The molecule has 0 spiro atoms. The second-order valence-corrected chi connectivity index (χ2v) is 5.58. The van der Waals surface area contributed by atoms with Crippen LogP contribution in [0.1, 0.15) is 36.6 Å². The van der Waals surface area contributed by atoms with Crippen LogP contribution in [-0.2, 0) is 0 Å². The van der Waals surface area contributed by atoms with Gasteiger partial charge in [0.1, 0.15) is 11.7 Å². The van der Waals surface area contributed by atoms with Crippen LogP contribution in [0.15, 0.2) is 42.6 Å². The number of nitrogens with zero attached hydrogens (tertiary/aromatic N) is 3. The molecule has 21 heavy (non-hydrogen) atoms. The number of rotatable bonds is 2. The highest BCUT2D eigenvalue weighted by molar-refractivity contribution is 5.64. The number of imidazole rings is 1. The van der Waals surface area contributed by atoms with Crippen LogP contribution in [0.3, 0.4) is 0 Å². The molecule has 0 saturated heterocycles. The van der Waals surface area contributed by atoms with Crippen molar-refractivity contribution >= 4 is 5.65 Å². The molecule has 0 unspecified atom stereocenters. The fraction of sp³-hybridized carbons (Fsp3) is 0.222. The van der Waals surface area contributed by atoms with E-state index < -0.39 is 0 Å². The predicted molar refractivity (Wildman–Crippen MR) is 84.2 cm³/mol. The van der Waals surface area contributed by atoms with Gasteiger partial charge in [-0.05, 0) is 30.5 Å². The Morgan fingerprint density at radius 1 is 1.10 bits per heavy atom. The van der Waals surface area contributed by atoms with Crippen LogP contribution >= 0.6 is 0 Å². The molecule has 0 atom stereocenters. The Morgan fingerprint density at radius 3 is 2.43 bits per heavy atom. The second-order valence-electron chi connectivity index (χ2n) is 5.58. The van der Waals surface area contributed by atoms with Crippen LogP contribution in [0.25, 0.3) is 16.9 Å². The van der Waals surface area contributed by atoms with Crippen molar-refractivity contribution in [3.63, 3.8) is 0 Å². The number of pyridine rings is 1. The summed E-state index contributed by atoms with van der Waals surface area (Å²) in [6.45, 7) is 6.32. The number of aromatic nitrogens is 2. The fourth-order valence-electron chi connectivity index (χ4n) is 2.49.